The lowest BCUT2D eigenvalue weighted by molar-refractivity contribution is -0.0597. The molecular weight excluding hydrogens is 351 g/mol. The van der Waals surface area contributed by atoms with Gasteiger partial charge in [-0.2, -0.15) is 0 Å². The van der Waals surface area contributed by atoms with Crippen molar-refractivity contribution in [3.8, 4) is 0 Å². The molecule has 6 nitrogen and oxygen atoms in total. The molecule has 1 aliphatic heterocycles. The standard InChI is InChI=1S/C20H23FN2O4/c1-26-19(24)17-8-7-15(13-18(17)21)14-23(16-5-3-2-4-6-16)20(25)22-9-11-27-12-10-22/h2-8,13,20,25H,9-12,14H2,1H3. The Morgan fingerprint density at radius 1 is 1.26 bits per heavy atom. The lowest BCUT2D eigenvalue weighted by atomic mass is 10.1. The average molecular weight is 374 g/mol. The first-order valence-electron chi connectivity index (χ1n) is 8.78. The van der Waals surface area contributed by atoms with E-state index >= 15 is 0 Å². The van der Waals surface area contributed by atoms with Crippen LogP contribution in [-0.2, 0) is 16.0 Å². The predicted molar refractivity (Wildman–Crippen MR) is 98.8 cm³/mol. The van der Waals surface area contributed by atoms with Gasteiger partial charge in [-0.05, 0) is 29.8 Å². The van der Waals surface area contributed by atoms with Gasteiger partial charge >= 0.3 is 5.97 Å². The third-order valence-corrected chi connectivity index (χ3v) is 4.53. The molecule has 1 heterocycles. The number of benzene rings is 2. The molecule has 3 rings (SSSR count). The molecule has 27 heavy (non-hydrogen) atoms. The fourth-order valence-corrected chi connectivity index (χ4v) is 3.06. The highest BCUT2D eigenvalue weighted by molar-refractivity contribution is 5.89. The fourth-order valence-electron chi connectivity index (χ4n) is 3.06. The van der Waals surface area contributed by atoms with E-state index in [0.29, 0.717) is 31.9 Å². The fraction of sp³-hybridized carbons (Fsp3) is 0.350. The number of esters is 1. The van der Waals surface area contributed by atoms with Crippen molar-refractivity contribution < 1.29 is 23.8 Å². The lowest BCUT2D eigenvalue weighted by Gasteiger charge is -2.39. The summed E-state index contributed by atoms with van der Waals surface area (Å²) in [5, 5.41) is 10.9. The lowest BCUT2D eigenvalue weighted by Crippen LogP contribution is -2.52. The van der Waals surface area contributed by atoms with E-state index in [2.05, 4.69) is 4.74 Å². The van der Waals surface area contributed by atoms with Crippen LogP contribution >= 0.6 is 0 Å². The topological polar surface area (TPSA) is 62.2 Å². The van der Waals surface area contributed by atoms with E-state index in [4.69, 9.17) is 4.74 Å². The molecule has 2 aromatic carbocycles. The molecule has 1 N–H and O–H groups in total. The summed E-state index contributed by atoms with van der Waals surface area (Å²) in [5.41, 5.74) is 1.34. The molecule has 2 aromatic rings. The van der Waals surface area contributed by atoms with Gasteiger partial charge in [-0.1, -0.05) is 24.3 Å². The van der Waals surface area contributed by atoms with Gasteiger partial charge in [0.2, 0.25) is 0 Å². The second-order valence-corrected chi connectivity index (χ2v) is 6.26. The van der Waals surface area contributed by atoms with E-state index in [1.54, 1.807) is 11.0 Å². The zero-order valence-electron chi connectivity index (χ0n) is 15.2. The molecule has 0 amide bonds. The van der Waals surface area contributed by atoms with Gasteiger partial charge in [-0.25, -0.2) is 9.18 Å². The van der Waals surface area contributed by atoms with Crippen LogP contribution in [0.15, 0.2) is 48.5 Å². The summed E-state index contributed by atoms with van der Waals surface area (Å²) in [7, 11) is 1.21. The Labute approximate surface area is 157 Å². The van der Waals surface area contributed by atoms with E-state index in [9.17, 15) is 14.3 Å². The van der Waals surface area contributed by atoms with Crippen LogP contribution < -0.4 is 4.90 Å². The summed E-state index contributed by atoms with van der Waals surface area (Å²) in [4.78, 5) is 15.3. The SMILES string of the molecule is COC(=O)c1ccc(CN(c2ccccc2)C(O)N2CCOCC2)cc1F. The molecule has 0 spiro atoms. The van der Waals surface area contributed by atoms with Gasteiger partial charge in [0.1, 0.15) is 5.82 Å². The minimum atomic E-state index is -0.875. The summed E-state index contributed by atoms with van der Waals surface area (Å²) in [6.07, 6.45) is -0.875. The van der Waals surface area contributed by atoms with E-state index in [-0.39, 0.29) is 12.1 Å². The van der Waals surface area contributed by atoms with Crippen LogP contribution in [0.2, 0.25) is 0 Å². The maximum Gasteiger partial charge on any atom is 0.340 e. The van der Waals surface area contributed by atoms with Gasteiger partial charge in [0.25, 0.3) is 0 Å². The van der Waals surface area contributed by atoms with E-state index < -0.39 is 18.1 Å². The number of halogens is 1. The number of ether oxygens (including phenoxy) is 2. The van der Waals surface area contributed by atoms with Gasteiger partial charge in [-0.3, -0.25) is 4.90 Å². The summed E-state index contributed by atoms with van der Waals surface area (Å²) >= 11 is 0. The van der Waals surface area contributed by atoms with Crippen LogP contribution in [0.3, 0.4) is 0 Å². The number of para-hydroxylation sites is 1. The number of nitrogens with zero attached hydrogens (tertiary/aromatic N) is 2. The molecule has 1 atom stereocenters. The first kappa shape index (κ1) is 19.3. The Balaban J connectivity index is 1.85. The average Bonchev–Trinajstić information content (AvgIpc) is 2.72. The second kappa shape index (κ2) is 8.94. The summed E-state index contributed by atoms with van der Waals surface area (Å²) in [6, 6.07) is 13.8. The van der Waals surface area contributed by atoms with Gasteiger partial charge in [0.15, 0.2) is 6.35 Å². The van der Waals surface area contributed by atoms with Crippen molar-refractivity contribution in [2.75, 3.05) is 38.3 Å². The Bertz CT molecular complexity index is 766. The van der Waals surface area contributed by atoms with Gasteiger partial charge in [0.05, 0.1) is 25.9 Å². The van der Waals surface area contributed by atoms with Gasteiger partial charge in [-0.15, -0.1) is 0 Å². The second-order valence-electron chi connectivity index (χ2n) is 6.26. The van der Waals surface area contributed by atoms with Crippen molar-refractivity contribution in [1.29, 1.82) is 0 Å². The van der Waals surface area contributed by atoms with Crippen LogP contribution in [0.4, 0.5) is 10.1 Å². The number of methoxy groups -OCH3 is 1. The quantitative estimate of drug-likeness (QED) is 0.618. The molecule has 0 saturated carbocycles. The molecule has 0 radical (unpaired) electrons. The normalized spacial score (nSPS) is 16.0. The van der Waals surface area contributed by atoms with Gasteiger partial charge < -0.3 is 19.5 Å². The first-order chi connectivity index (χ1) is 13.1. The Morgan fingerprint density at radius 3 is 2.59 bits per heavy atom. The number of morpholine rings is 1. The number of carbonyl (C=O) groups is 1. The number of aliphatic hydroxyl groups excluding tert-OH is 1. The molecule has 1 fully saturated rings. The van der Waals surface area contributed by atoms with E-state index in [1.165, 1.54) is 19.2 Å². The zero-order chi connectivity index (χ0) is 19.2. The minimum absolute atomic E-state index is 0.110. The van der Waals surface area contributed by atoms with E-state index in [1.807, 2.05) is 35.2 Å². The monoisotopic (exact) mass is 374 g/mol. The van der Waals surface area contributed by atoms with Crippen LogP contribution in [-0.4, -0.2) is 55.7 Å². The molecule has 0 aromatic heterocycles. The highest BCUT2D eigenvalue weighted by Gasteiger charge is 2.25. The third-order valence-electron chi connectivity index (χ3n) is 4.53. The number of rotatable bonds is 6. The highest BCUT2D eigenvalue weighted by atomic mass is 19.1. The number of carbonyl (C=O) groups excluding carboxylic acids is 1. The third kappa shape index (κ3) is 4.63. The predicted octanol–water partition coefficient (Wildman–Crippen LogP) is 2.23. The number of hydrogen-bond acceptors (Lipinski definition) is 6. The van der Waals surface area contributed by atoms with Crippen molar-refractivity contribution in [3.63, 3.8) is 0 Å². The summed E-state index contributed by atoms with van der Waals surface area (Å²) < 4.78 is 24.2. The minimum Gasteiger partial charge on any atom is -0.465 e. The Hall–Kier alpha value is -2.48. The molecule has 144 valence electrons. The van der Waals surface area contributed by atoms with Crippen LogP contribution in [0.1, 0.15) is 15.9 Å². The Morgan fingerprint density at radius 2 is 1.96 bits per heavy atom. The van der Waals surface area contributed by atoms with E-state index in [0.717, 1.165) is 5.69 Å². The number of hydrogen-bond donors (Lipinski definition) is 1. The largest absolute Gasteiger partial charge is 0.465 e. The molecule has 1 aliphatic rings. The number of anilines is 1. The van der Waals surface area contributed by atoms with Crippen molar-refractivity contribution in [3.05, 3.63) is 65.5 Å². The van der Waals surface area contributed by atoms with Gasteiger partial charge in [0, 0.05) is 25.3 Å². The molecule has 1 saturated heterocycles. The summed E-state index contributed by atoms with van der Waals surface area (Å²) in [6.45, 7) is 2.62. The molecule has 0 bridgehead atoms. The molecule has 7 heteroatoms. The zero-order valence-corrected chi connectivity index (χ0v) is 15.2. The number of aliphatic hydroxyl groups is 1. The maximum absolute atomic E-state index is 14.3. The van der Waals surface area contributed by atoms with Crippen molar-refractivity contribution in [2.45, 2.75) is 12.9 Å². The molecular formula is C20H23FN2O4. The van der Waals surface area contributed by atoms with Crippen molar-refractivity contribution in [1.82, 2.24) is 4.90 Å². The Kier molecular flexibility index (Phi) is 6.39. The summed E-state index contributed by atoms with van der Waals surface area (Å²) in [5.74, 6) is -1.36. The molecule has 0 aliphatic carbocycles. The smallest absolute Gasteiger partial charge is 0.340 e. The first-order valence-corrected chi connectivity index (χ1v) is 8.78. The van der Waals surface area contributed by atoms with Crippen LogP contribution in [0, 0.1) is 5.82 Å². The highest BCUT2D eigenvalue weighted by Crippen LogP contribution is 2.22. The van der Waals surface area contributed by atoms with Crippen molar-refractivity contribution in [2.24, 2.45) is 0 Å². The van der Waals surface area contributed by atoms with Crippen LogP contribution in [0.5, 0.6) is 0 Å². The maximum atomic E-state index is 14.3. The molecule has 1 unspecified atom stereocenters. The van der Waals surface area contributed by atoms with Crippen LogP contribution in [0.25, 0.3) is 0 Å². The van der Waals surface area contributed by atoms with Crippen molar-refractivity contribution >= 4 is 11.7 Å².